The molecule has 1 saturated carbocycles. The van der Waals surface area contributed by atoms with Crippen molar-refractivity contribution in [3.63, 3.8) is 0 Å². The molecule has 0 aromatic carbocycles. The second-order valence-corrected chi connectivity index (χ2v) is 6.87. The Morgan fingerprint density at radius 1 is 1.32 bits per heavy atom. The molecule has 0 bridgehead atoms. The van der Waals surface area contributed by atoms with Gasteiger partial charge in [0, 0.05) is 6.54 Å². The molecule has 3 unspecified atom stereocenters. The lowest BCUT2D eigenvalue weighted by Gasteiger charge is -2.15. The summed E-state index contributed by atoms with van der Waals surface area (Å²) in [4.78, 5) is 22.9. The third-order valence-corrected chi connectivity index (χ3v) is 4.21. The highest BCUT2D eigenvalue weighted by Gasteiger charge is 2.40. The summed E-state index contributed by atoms with van der Waals surface area (Å²) in [6.45, 7) is 2.11. The maximum absolute atomic E-state index is 11.9. The number of nitrogens with two attached hydrogens (primary N) is 1. The molecule has 1 amide bonds. The van der Waals surface area contributed by atoms with Crippen molar-refractivity contribution in [3.05, 3.63) is 0 Å². The number of hydrogen-bond donors (Lipinski definition) is 3. The zero-order valence-corrected chi connectivity index (χ0v) is 11.6. The van der Waals surface area contributed by atoms with Gasteiger partial charge in [-0.1, -0.05) is 6.92 Å². The summed E-state index contributed by atoms with van der Waals surface area (Å²) in [6.07, 6.45) is 1.28. The zero-order chi connectivity index (χ0) is 14.6. The van der Waals surface area contributed by atoms with Gasteiger partial charge in [0.1, 0.15) is 0 Å². The van der Waals surface area contributed by atoms with E-state index in [2.05, 4.69) is 5.32 Å². The molecule has 0 aromatic rings. The first-order chi connectivity index (χ1) is 8.70. The minimum atomic E-state index is -3.52. The predicted molar refractivity (Wildman–Crippen MR) is 68.6 cm³/mol. The second kappa shape index (κ2) is 6.33. The number of carboxylic acid groups (broad SMARTS) is 1. The Labute approximate surface area is 112 Å². The van der Waals surface area contributed by atoms with Gasteiger partial charge < -0.3 is 10.4 Å². The van der Waals surface area contributed by atoms with Crippen LogP contribution in [0.5, 0.6) is 0 Å². The smallest absolute Gasteiger partial charge is 0.307 e. The van der Waals surface area contributed by atoms with Gasteiger partial charge in [-0.2, -0.15) is 0 Å². The fourth-order valence-electron chi connectivity index (χ4n) is 2.47. The molecule has 1 aliphatic rings. The SMILES string of the molecule is CC1CC(C(=O)O)C(C(=O)NCCCS(N)(=O)=O)C1. The second-order valence-electron chi connectivity index (χ2n) is 5.14. The summed E-state index contributed by atoms with van der Waals surface area (Å²) in [5.41, 5.74) is 0. The Morgan fingerprint density at radius 2 is 1.89 bits per heavy atom. The highest BCUT2D eigenvalue weighted by Crippen LogP contribution is 2.36. The Morgan fingerprint density at radius 3 is 2.42 bits per heavy atom. The first-order valence-corrected chi connectivity index (χ1v) is 7.93. The van der Waals surface area contributed by atoms with Crippen LogP contribution < -0.4 is 10.5 Å². The molecule has 8 heteroatoms. The standard InChI is InChI=1S/C11H20N2O5S/c1-7-5-8(9(6-7)11(15)16)10(14)13-3-2-4-19(12,17)18/h7-9H,2-6H2,1H3,(H,13,14)(H,15,16)(H2,12,17,18). The number of rotatable bonds is 6. The minimum absolute atomic E-state index is 0.187. The number of carbonyl (C=O) groups excluding carboxylic acids is 1. The van der Waals surface area contributed by atoms with Crippen molar-refractivity contribution < 1.29 is 23.1 Å². The highest BCUT2D eigenvalue weighted by molar-refractivity contribution is 7.89. The highest BCUT2D eigenvalue weighted by atomic mass is 32.2. The van der Waals surface area contributed by atoms with Crippen LogP contribution in [0.1, 0.15) is 26.2 Å². The number of primary sulfonamides is 1. The van der Waals surface area contributed by atoms with Crippen molar-refractivity contribution in [2.24, 2.45) is 22.9 Å². The Kier molecular flexibility index (Phi) is 5.30. The van der Waals surface area contributed by atoms with E-state index in [4.69, 9.17) is 10.2 Å². The quantitative estimate of drug-likeness (QED) is 0.570. The van der Waals surface area contributed by atoms with Gasteiger partial charge in [0.2, 0.25) is 15.9 Å². The number of amides is 1. The summed E-state index contributed by atoms with van der Waals surface area (Å²) in [7, 11) is -3.52. The van der Waals surface area contributed by atoms with Crippen LogP contribution in [-0.4, -0.2) is 37.7 Å². The van der Waals surface area contributed by atoms with Crippen LogP contribution in [0.25, 0.3) is 0 Å². The molecule has 0 saturated heterocycles. The third-order valence-electron chi connectivity index (χ3n) is 3.36. The molecule has 3 atom stereocenters. The normalized spacial score (nSPS) is 27.2. The van der Waals surface area contributed by atoms with Crippen LogP contribution in [0.15, 0.2) is 0 Å². The lowest BCUT2D eigenvalue weighted by atomic mass is 9.95. The molecule has 19 heavy (non-hydrogen) atoms. The summed E-state index contributed by atoms with van der Waals surface area (Å²) >= 11 is 0. The Hall–Kier alpha value is -1.15. The molecule has 7 nitrogen and oxygen atoms in total. The maximum Gasteiger partial charge on any atom is 0.307 e. The van der Waals surface area contributed by atoms with Crippen molar-refractivity contribution in [2.75, 3.05) is 12.3 Å². The van der Waals surface area contributed by atoms with E-state index >= 15 is 0 Å². The van der Waals surface area contributed by atoms with Gasteiger partial charge >= 0.3 is 5.97 Å². The molecule has 4 N–H and O–H groups in total. The molecule has 0 heterocycles. The van der Waals surface area contributed by atoms with Gasteiger partial charge in [0.05, 0.1) is 17.6 Å². The number of carboxylic acids is 1. The van der Waals surface area contributed by atoms with E-state index in [0.717, 1.165) is 0 Å². The molecular weight excluding hydrogens is 272 g/mol. The van der Waals surface area contributed by atoms with Crippen molar-refractivity contribution in [3.8, 4) is 0 Å². The van der Waals surface area contributed by atoms with E-state index in [9.17, 15) is 18.0 Å². The lowest BCUT2D eigenvalue weighted by molar-refractivity contribution is -0.146. The summed E-state index contributed by atoms with van der Waals surface area (Å²) in [5.74, 6) is -2.42. The van der Waals surface area contributed by atoms with Crippen molar-refractivity contribution in [1.29, 1.82) is 0 Å². The van der Waals surface area contributed by atoms with Gasteiger partial charge in [-0.3, -0.25) is 9.59 Å². The zero-order valence-electron chi connectivity index (χ0n) is 10.8. The Bertz CT molecular complexity index is 448. The first-order valence-electron chi connectivity index (χ1n) is 6.21. The first kappa shape index (κ1) is 15.9. The van der Waals surface area contributed by atoms with Gasteiger partial charge in [0.15, 0.2) is 0 Å². The van der Waals surface area contributed by atoms with E-state index in [1.807, 2.05) is 6.92 Å². The van der Waals surface area contributed by atoms with E-state index in [1.54, 1.807) is 0 Å². The fraction of sp³-hybridized carbons (Fsp3) is 0.818. The van der Waals surface area contributed by atoms with E-state index in [0.29, 0.717) is 12.8 Å². The summed E-state index contributed by atoms with van der Waals surface area (Å²) in [5, 5.41) is 16.5. The molecule has 110 valence electrons. The van der Waals surface area contributed by atoms with Gasteiger partial charge in [-0.05, 0) is 25.2 Å². The van der Waals surface area contributed by atoms with Crippen molar-refractivity contribution >= 4 is 21.9 Å². The fourth-order valence-corrected chi connectivity index (χ4v) is 3.02. The Balaban J connectivity index is 2.42. The molecule has 0 spiro atoms. The monoisotopic (exact) mass is 292 g/mol. The molecule has 1 rings (SSSR count). The number of nitrogens with one attached hydrogen (secondary N) is 1. The van der Waals surface area contributed by atoms with Crippen molar-refractivity contribution in [1.82, 2.24) is 5.32 Å². The van der Waals surface area contributed by atoms with E-state index < -0.39 is 27.8 Å². The average molecular weight is 292 g/mol. The van der Waals surface area contributed by atoms with Crippen LogP contribution >= 0.6 is 0 Å². The van der Waals surface area contributed by atoms with E-state index in [-0.39, 0.29) is 30.5 Å². The van der Waals surface area contributed by atoms with Crippen molar-refractivity contribution in [2.45, 2.75) is 26.2 Å². The predicted octanol–water partition coefficient (Wildman–Crippen LogP) is -0.472. The molecule has 0 aromatic heterocycles. The molecule has 1 fully saturated rings. The molecule has 1 aliphatic carbocycles. The van der Waals surface area contributed by atoms with Crippen LogP contribution in [0, 0.1) is 17.8 Å². The van der Waals surface area contributed by atoms with Crippen LogP contribution in [0.2, 0.25) is 0 Å². The number of hydrogen-bond acceptors (Lipinski definition) is 4. The lowest BCUT2D eigenvalue weighted by Crippen LogP contribution is -2.36. The van der Waals surface area contributed by atoms with E-state index in [1.165, 1.54) is 0 Å². The minimum Gasteiger partial charge on any atom is -0.481 e. The van der Waals surface area contributed by atoms with Crippen LogP contribution in [0.3, 0.4) is 0 Å². The summed E-state index contributed by atoms with van der Waals surface area (Å²) < 4.78 is 21.4. The number of carbonyl (C=O) groups is 2. The van der Waals surface area contributed by atoms with Crippen LogP contribution in [-0.2, 0) is 19.6 Å². The van der Waals surface area contributed by atoms with Gasteiger partial charge in [0.25, 0.3) is 0 Å². The van der Waals surface area contributed by atoms with Gasteiger partial charge in [-0.25, -0.2) is 13.6 Å². The number of sulfonamides is 1. The maximum atomic E-state index is 11.9. The molecule has 0 aliphatic heterocycles. The average Bonchev–Trinajstić information content (AvgIpc) is 2.65. The topological polar surface area (TPSA) is 127 Å². The largest absolute Gasteiger partial charge is 0.481 e. The molecule has 0 radical (unpaired) electrons. The summed E-state index contributed by atoms with van der Waals surface area (Å²) in [6, 6.07) is 0. The molecular formula is C11H20N2O5S. The van der Waals surface area contributed by atoms with Gasteiger partial charge in [-0.15, -0.1) is 0 Å². The third kappa shape index (κ3) is 5.15. The number of aliphatic carboxylic acids is 1. The van der Waals surface area contributed by atoms with Crippen LogP contribution in [0.4, 0.5) is 0 Å².